The number of hydrogen-bond donors (Lipinski definition) is 1. The largest absolute Gasteiger partial charge is 0.497 e. The average molecular weight is 389 g/mol. The van der Waals surface area contributed by atoms with Gasteiger partial charge in [0.25, 0.3) is 5.91 Å². The van der Waals surface area contributed by atoms with Gasteiger partial charge >= 0.3 is 0 Å². The highest BCUT2D eigenvalue weighted by atomic mass is 32.2. The van der Waals surface area contributed by atoms with Gasteiger partial charge in [-0.15, -0.1) is 11.3 Å². The number of methoxy groups -OCH3 is 1. The lowest BCUT2D eigenvalue weighted by molar-refractivity contribution is 0.102. The number of benzene rings is 1. The number of carbonyl (C=O) groups excluding carboxylic acids is 1. The van der Waals surface area contributed by atoms with Gasteiger partial charge in [0.05, 0.1) is 34.9 Å². The first kappa shape index (κ1) is 16.8. The molecule has 1 amide bonds. The highest BCUT2D eigenvalue weighted by Crippen LogP contribution is 2.33. The molecule has 134 valence electrons. The molecule has 7 nitrogen and oxygen atoms in total. The number of hydrogen-bond acceptors (Lipinski definition) is 6. The lowest BCUT2D eigenvalue weighted by Crippen LogP contribution is -2.16. The average Bonchev–Trinajstić information content (AvgIpc) is 3.31. The minimum absolute atomic E-state index is 0.118. The van der Waals surface area contributed by atoms with Crippen molar-refractivity contribution in [2.24, 2.45) is 0 Å². The zero-order valence-electron chi connectivity index (χ0n) is 13.8. The molecule has 1 N–H and O–H groups in total. The highest BCUT2D eigenvalue weighted by molar-refractivity contribution is 7.90. The number of amides is 1. The van der Waals surface area contributed by atoms with Gasteiger partial charge < -0.3 is 10.1 Å². The van der Waals surface area contributed by atoms with Crippen molar-refractivity contribution in [3.63, 3.8) is 0 Å². The van der Waals surface area contributed by atoms with Crippen LogP contribution >= 0.6 is 11.3 Å². The first-order valence-corrected chi connectivity index (χ1v) is 10.5. The van der Waals surface area contributed by atoms with E-state index < -0.39 is 9.84 Å². The Morgan fingerprint density at radius 1 is 1.23 bits per heavy atom. The summed E-state index contributed by atoms with van der Waals surface area (Å²) in [6.45, 7) is 0. The number of nitrogens with zero attached hydrogens (tertiary/aromatic N) is 2. The van der Waals surface area contributed by atoms with Gasteiger partial charge in [-0.2, -0.15) is 5.10 Å². The van der Waals surface area contributed by atoms with E-state index >= 15 is 0 Å². The number of anilines is 1. The number of carbonyl (C=O) groups is 1. The van der Waals surface area contributed by atoms with Crippen molar-refractivity contribution in [1.29, 1.82) is 0 Å². The lowest BCUT2D eigenvalue weighted by Gasteiger charge is -2.11. The molecule has 0 bridgehead atoms. The monoisotopic (exact) mass is 389 g/mol. The van der Waals surface area contributed by atoms with Crippen LogP contribution in [-0.4, -0.2) is 31.2 Å². The van der Waals surface area contributed by atoms with Crippen LogP contribution in [0.4, 0.5) is 5.82 Å². The molecule has 0 unspecified atom stereocenters. The van der Waals surface area contributed by atoms with E-state index in [9.17, 15) is 13.2 Å². The Balaban J connectivity index is 1.78. The summed E-state index contributed by atoms with van der Waals surface area (Å²) in [6.07, 6.45) is 0. The summed E-state index contributed by atoms with van der Waals surface area (Å²) >= 11 is 1.32. The van der Waals surface area contributed by atoms with Gasteiger partial charge in [-0.1, -0.05) is 6.07 Å². The van der Waals surface area contributed by atoms with Gasteiger partial charge in [0.1, 0.15) is 11.6 Å². The number of fused-ring (bicyclic) bond motifs is 1. The van der Waals surface area contributed by atoms with E-state index in [1.165, 1.54) is 11.3 Å². The van der Waals surface area contributed by atoms with Crippen molar-refractivity contribution in [1.82, 2.24) is 9.78 Å². The predicted octanol–water partition coefficient (Wildman–Crippen LogP) is 2.62. The Morgan fingerprint density at radius 2 is 2.00 bits per heavy atom. The minimum Gasteiger partial charge on any atom is -0.497 e. The van der Waals surface area contributed by atoms with Crippen LogP contribution < -0.4 is 10.1 Å². The second kappa shape index (κ2) is 6.26. The summed E-state index contributed by atoms with van der Waals surface area (Å²) in [6, 6.07) is 10.7. The van der Waals surface area contributed by atoms with Gasteiger partial charge in [-0.05, 0) is 35.7 Å². The summed E-state index contributed by atoms with van der Waals surface area (Å²) < 4.78 is 30.7. The normalized spacial score (nSPS) is 14.8. The zero-order valence-corrected chi connectivity index (χ0v) is 15.4. The fourth-order valence-electron chi connectivity index (χ4n) is 2.86. The highest BCUT2D eigenvalue weighted by Gasteiger charge is 2.33. The fraction of sp³-hybridized carbons (Fsp3) is 0.176. The number of sulfone groups is 1. The van der Waals surface area contributed by atoms with Crippen LogP contribution in [0.2, 0.25) is 0 Å². The molecule has 0 fully saturated rings. The van der Waals surface area contributed by atoms with Gasteiger partial charge in [-0.25, -0.2) is 13.1 Å². The second-order valence-electron chi connectivity index (χ2n) is 5.85. The molecule has 0 aliphatic carbocycles. The SMILES string of the molecule is COc1ccc(-n2nc3c(c2NC(=O)c2cccs2)CS(=O)(=O)C3)cc1. The second-order valence-corrected chi connectivity index (χ2v) is 8.86. The van der Waals surface area contributed by atoms with Gasteiger partial charge in [0.15, 0.2) is 9.84 Å². The molecule has 1 aromatic carbocycles. The number of rotatable bonds is 4. The van der Waals surface area contributed by atoms with Crippen LogP contribution in [0.15, 0.2) is 41.8 Å². The summed E-state index contributed by atoms with van der Waals surface area (Å²) in [5, 5.41) is 9.08. The third-order valence-electron chi connectivity index (χ3n) is 4.08. The molecule has 0 radical (unpaired) electrons. The Hall–Kier alpha value is -2.65. The maximum absolute atomic E-state index is 12.5. The van der Waals surface area contributed by atoms with Crippen molar-refractivity contribution in [3.05, 3.63) is 57.9 Å². The van der Waals surface area contributed by atoms with E-state index in [-0.39, 0.29) is 17.4 Å². The maximum Gasteiger partial charge on any atom is 0.266 e. The molecule has 0 saturated carbocycles. The predicted molar refractivity (Wildman–Crippen MR) is 98.7 cm³/mol. The standard InChI is InChI=1S/C17H15N3O4S2/c1-24-12-6-4-11(5-7-12)20-16(18-17(21)15-3-2-8-25-15)13-9-26(22,23)10-14(13)19-20/h2-8H,9-10H2,1H3,(H,18,21). The Labute approximate surface area is 154 Å². The number of ether oxygens (including phenoxy) is 1. The van der Waals surface area contributed by atoms with Crippen LogP contribution in [-0.2, 0) is 21.3 Å². The van der Waals surface area contributed by atoms with E-state index in [1.54, 1.807) is 48.2 Å². The maximum atomic E-state index is 12.5. The molecule has 3 heterocycles. The molecule has 4 rings (SSSR count). The molecule has 0 atom stereocenters. The first-order valence-electron chi connectivity index (χ1n) is 7.77. The van der Waals surface area contributed by atoms with Gasteiger partial charge in [0.2, 0.25) is 0 Å². The molecular formula is C17H15N3O4S2. The van der Waals surface area contributed by atoms with E-state index in [0.29, 0.717) is 33.4 Å². The van der Waals surface area contributed by atoms with Crippen LogP contribution in [0.5, 0.6) is 5.75 Å². The molecule has 9 heteroatoms. The summed E-state index contributed by atoms with van der Waals surface area (Å²) in [5.41, 5.74) is 1.73. The summed E-state index contributed by atoms with van der Waals surface area (Å²) in [7, 11) is -1.65. The van der Waals surface area contributed by atoms with Crippen LogP contribution in [0, 0.1) is 0 Å². The zero-order chi connectivity index (χ0) is 18.3. The van der Waals surface area contributed by atoms with Crippen molar-refractivity contribution in [3.8, 4) is 11.4 Å². The number of thiophene rings is 1. The molecule has 3 aromatic rings. The topological polar surface area (TPSA) is 90.3 Å². The van der Waals surface area contributed by atoms with Gasteiger partial charge in [-0.3, -0.25) is 4.79 Å². The lowest BCUT2D eigenvalue weighted by atomic mass is 10.2. The van der Waals surface area contributed by atoms with E-state index in [4.69, 9.17) is 4.74 Å². The quantitative estimate of drug-likeness (QED) is 0.741. The fourth-order valence-corrected chi connectivity index (χ4v) is 4.97. The van der Waals surface area contributed by atoms with E-state index in [0.717, 1.165) is 0 Å². The first-order chi connectivity index (χ1) is 12.5. The Bertz CT molecular complexity index is 1070. The minimum atomic E-state index is -3.23. The van der Waals surface area contributed by atoms with Crippen LogP contribution in [0.1, 0.15) is 20.9 Å². The van der Waals surface area contributed by atoms with Crippen molar-refractivity contribution >= 4 is 32.9 Å². The van der Waals surface area contributed by atoms with Crippen molar-refractivity contribution in [2.75, 3.05) is 12.4 Å². The third kappa shape index (κ3) is 2.99. The number of nitrogens with one attached hydrogen (secondary N) is 1. The summed E-state index contributed by atoms with van der Waals surface area (Å²) in [4.78, 5) is 13.1. The van der Waals surface area contributed by atoms with Crippen LogP contribution in [0.25, 0.3) is 5.69 Å². The van der Waals surface area contributed by atoms with Crippen molar-refractivity contribution < 1.29 is 17.9 Å². The summed E-state index contributed by atoms with van der Waals surface area (Å²) in [5.74, 6) is 0.554. The molecule has 1 aliphatic heterocycles. The Kier molecular flexibility index (Phi) is 4.04. The molecule has 26 heavy (non-hydrogen) atoms. The molecule has 2 aromatic heterocycles. The van der Waals surface area contributed by atoms with Crippen molar-refractivity contribution in [2.45, 2.75) is 11.5 Å². The van der Waals surface area contributed by atoms with Gasteiger partial charge in [0, 0.05) is 5.56 Å². The number of aromatic nitrogens is 2. The Morgan fingerprint density at radius 3 is 2.65 bits per heavy atom. The smallest absolute Gasteiger partial charge is 0.266 e. The van der Waals surface area contributed by atoms with E-state index in [1.807, 2.05) is 5.38 Å². The third-order valence-corrected chi connectivity index (χ3v) is 6.39. The molecule has 0 spiro atoms. The van der Waals surface area contributed by atoms with Crippen LogP contribution in [0.3, 0.4) is 0 Å². The van der Waals surface area contributed by atoms with E-state index in [2.05, 4.69) is 10.4 Å². The molecule has 1 aliphatic rings. The molecule has 0 saturated heterocycles. The molecular weight excluding hydrogens is 374 g/mol.